The van der Waals surface area contributed by atoms with Crippen molar-refractivity contribution in [1.29, 1.82) is 0 Å². The molecule has 0 N–H and O–H groups in total. The molecule has 0 aromatic heterocycles. The Labute approximate surface area is 177 Å². The third-order valence-corrected chi connectivity index (χ3v) is 8.15. The first kappa shape index (κ1) is 24.2. The van der Waals surface area contributed by atoms with E-state index in [1.165, 1.54) is 122 Å². The predicted molar refractivity (Wildman–Crippen MR) is 124 cm³/mol. The Balaban J connectivity index is 1.65. The van der Waals surface area contributed by atoms with Crippen LogP contribution in [0.5, 0.6) is 0 Å². The Hall–Kier alpha value is -0.0400. The van der Waals surface area contributed by atoms with E-state index in [-0.39, 0.29) is 5.60 Å². The molecule has 0 radical (unpaired) electrons. The van der Waals surface area contributed by atoms with Crippen molar-refractivity contribution in [1.82, 2.24) is 0 Å². The average molecular weight is 393 g/mol. The molecule has 0 saturated heterocycles. The summed E-state index contributed by atoms with van der Waals surface area (Å²) >= 11 is 0. The maximum absolute atomic E-state index is 6.38. The highest BCUT2D eigenvalue weighted by Crippen LogP contribution is 2.45. The lowest BCUT2D eigenvalue weighted by atomic mass is 9.67. The summed E-state index contributed by atoms with van der Waals surface area (Å²) in [4.78, 5) is 0. The average Bonchev–Trinajstić information content (AvgIpc) is 2.73. The van der Waals surface area contributed by atoms with Crippen molar-refractivity contribution in [2.45, 2.75) is 148 Å². The molecule has 2 aliphatic rings. The van der Waals surface area contributed by atoms with Gasteiger partial charge in [0.2, 0.25) is 0 Å². The predicted octanol–water partition coefficient (Wildman–Crippen LogP) is 9.09. The molecular weight excluding hydrogens is 340 g/mol. The highest BCUT2D eigenvalue weighted by molar-refractivity contribution is 4.90. The van der Waals surface area contributed by atoms with Gasteiger partial charge in [-0.3, -0.25) is 0 Å². The van der Waals surface area contributed by atoms with Crippen LogP contribution in [0.1, 0.15) is 143 Å². The van der Waals surface area contributed by atoms with Crippen molar-refractivity contribution in [2.24, 2.45) is 17.8 Å². The van der Waals surface area contributed by atoms with E-state index in [1.807, 2.05) is 0 Å². The number of rotatable bonds is 14. The summed E-state index contributed by atoms with van der Waals surface area (Å²) in [5, 5.41) is 0. The largest absolute Gasteiger partial charge is 0.375 e. The Kier molecular flexibility index (Phi) is 12.2. The van der Waals surface area contributed by atoms with Gasteiger partial charge in [-0.05, 0) is 69.6 Å². The van der Waals surface area contributed by atoms with Gasteiger partial charge < -0.3 is 4.74 Å². The Bertz CT molecular complexity index is 360. The van der Waals surface area contributed by atoms with Crippen LogP contribution in [0.25, 0.3) is 0 Å². The second-order valence-corrected chi connectivity index (χ2v) is 10.2. The molecular formula is C27H52O. The molecule has 1 heteroatoms. The van der Waals surface area contributed by atoms with E-state index < -0.39 is 0 Å². The van der Waals surface area contributed by atoms with E-state index in [9.17, 15) is 0 Å². The van der Waals surface area contributed by atoms with Gasteiger partial charge in [0.25, 0.3) is 0 Å². The highest BCUT2D eigenvalue weighted by Gasteiger charge is 2.38. The van der Waals surface area contributed by atoms with Crippen LogP contribution in [0.3, 0.4) is 0 Å². The van der Waals surface area contributed by atoms with Crippen molar-refractivity contribution >= 4 is 0 Å². The summed E-state index contributed by atoms with van der Waals surface area (Å²) in [5.74, 6) is 3.10. The smallest absolute Gasteiger partial charge is 0.0682 e. The molecule has 0 unspecified atom stereocenters. The van der Waals surface area contributed by atoms with E-state index in [0.717, 1.165) is 24.4 Å². The molecule has 0 spiro atoms. The monoisotopic (exact) mass is 392 g/mol. The zero-order valence-corrected chi connectivity index (χ0v) is 19.8. The van der Waals surface area contributed by atoms with Crippen molar-refractivity contribution in [3.05, 3.63) is 0 Å². The molecule has 28 heavy (non-hydrogen) atoms. The van der Waals surface area contributed by atoms with Crippen molar-refractivity contribution in [3.8, 4) is 0 Å². The van der Waals surface area contributed by atoms with E-state index in [4.69, 9.17) is 4.74 Å². The molecule has 0 atom stereocenters. The van der Waals surface area contributed by atoms with Gasteiger partial charge in [-0.15, -0.1) is 0 Å². The first-order chi connectivity index (χ1) is 13.7. The van der Waals surface area contributed by atoms with Crippen LogP contribution in [0.4, 0.5) is 0 Å². The number of hydrogen-bond acceptors (Lipinski definition) is 1. The van der Waals surface area contributed by atoms with Crippen LogP contribution in [-0.4, -0.2) is 12.2 Å². The first-order valence-corrected chi connectivity index (χ1v) is 13.4. The fraction of sp³-hybridized carbons (Fsp3) is 1.00. The lowest BCUT2D eigenvalue weighted by Gasteiger charge is -2.44. The van der Waals surface area contributed by atoms with Crippen molar-refractivity contribution < 1.29 is 4.74 Å². The summed E-state index contributed by atoms with van der Waals surface area (Å²) in [5.41, 5.74) is 0.245. The summed E-state index contributed by atoms with van der Waals surface area (Å²) in [6, 6.07) is 0. The topological polar surface area (TPSA) is 9.23 Å². The number of unbranched alkanes of at least 4 members (excludes halogenated alkanes) is 7. The standard InChI is InChI=1S/C27H52O/c1-4-7-9-11-12-14-24-15-17-25(18-16-24)26-19-22-27(23-20-26,28-6-3)21-13-10-8-5-2/h24-26H,4-23H2,1-3H3. The SMILES string of the molecule is CCCCCCCC1CCC(C2CCC(CCCCCC)(OCC)CC2)CC1. The Morgan fingerprint density at radius 2 is 1.21 bits per heavy atom. The minimum atomic E-state index is 0.245. The molecule has 0 heterocycles. The summed E-state index contributed by atoms with van der Waals surface area (Å²) < 4.78 is 6.38. The third kappa shape index (κ3) is 8.37. The van der Waals surface area contributed by atoms with Gasteiger partial charge in [0.1, 0.15) is 0 Å². The quantitative estimate of drug-likeness (QED) is 0.268. The molecule has 0 aromatic carbocycles. The van der Waals surface area contributed by atoms with E-state index in [2.05, 4.69) is 20.8 Å². The fourth-order valence-corrected chi connectivity index (χ4v) is 6.27. The minimum absolute atomic E-state index is 0.245. The minimum Gasteiger partial charge on any atom is -0.375 e. The molecule has 2 aliphatic carbocycles. The second-order valence-electron chi connectivity index (χ2n) is 10.2. The molecule has 166 valence electrons. The summed E-state index contributed by atoms with van der Waals surface area (Å²) in [6.45, 7) is 7.73. The lowest BCUT2D eigenvalue weighted by molar-refractivity contribution is -0.0855. The van der Waals surface area contributed by atoms with Gasteiger partial charge in [-0.25, -0.2) is 0 Å². The van der Waals surface area contributed by atoms with Gasteiger partial charge >= 0.3 is 0 Å². The fourth-order valence-electron chi connectivity index (χ4n) is 6.27. The summed E-state index contributed by atoms with van der Waals surface area (Å²) in [6.07, 6.45) is 27.3. The van der Waals surface area contributed by atoms with Gasteiger partial charge in [0, 0.05) is 6.61 Å². The van der Waals surface area contributed by atoms with E-state index in [1.54, 1.807) is 0 Å². The van der Waals surface area contributed by atoms with Gasteiger partial charge in [0.15, 0.2) is 0 Å². The third-order valence-electron chi connectivity index (χ3n) is 8.15. The van der Waals surface area contributed by atoms with Crippen molar-refractivity contribution in [3.63, 3.8) is 0 Å². The normalized spacial score (nSPS) is 31.2. The lowest BCUT2D eigenvalue weighted by Crippen LogP contribution is -2.39. The van der Waals surface area contributed by atoms with Crippen LogP contribution in [-0.2, 0) is 4.74 Å². The molecule has 2 fully saturated rings. The maximum atomic E-state index is 6.38. The second kappa shape index (κ2) is 14.1. The van der Waals surface area contributed by atoms with Gasteiger partial charge in [-0.1, -0.05) is 90.9 Å². The van der Waals surface area contributed by atoms with Crippen molar-refractivity contribution in [2.75, 3.05) is 6.61 Å². The number of hydrogen-bond donors (Lipinski definition) is 0. The Morgan fingerprint density at radius 3 is 1.82 bits per heavy atom. The van der Waals surface area contributed by atoms with E-state index >= 15 is 0 Å². The highest BCUT2D eigenvalue weighted by atomic mass is 16.5. The Morgan fingerprint density at radius 1 is 0.643 bits per heavy atom. The zero-order valence-electron chi connectivity index (χ0n) is 19.8. The van der Waals surface area contributed by atoms with E-state index in [0.29, 0.717) is 0 Å². The molecule has 0 bridgehead atoms. The van der Waals surface area contributed by atoms with Crippen LogP contribution in [0, 0.1) is 17.8 Å². The molecule has 1 nitrogen and oxygen atoms in total. The summed E-state index contributed by atoms with van der Waals surface area (Å²) in [7, 11) is 0. The van der Waals surface area contributed by atoms with Crippen LogP contribution >= 0.6 is 0 Å². The van der Waals surface area contributed by atoms with Crippen LogP contribution in [0.2, 0.25) is 0 Å². The molecule has 2 saturated carbocycles. The zero-order chi connectivity index (χ0) is 20.1. The molecule has 0 aromatic rings. The molecule has 0 amide bonds. The maximum Gasteiger partial charge on any atom is 0.0682 e. The molecule has 2 rings (SSSR count). The molecule has 0 aliphatic heterocycles. The first-order valence-electron chi connectivity index (χ1n) is 13.4. The van der Waals surface area contributed by atoms with Gasteiger partial charge in [0.05, 0.1) is 5.60 Å². The number of ether oxygens (including phenoxy) is 1. The van der Waals surface area contributed by atoms with Crippen LogP contribution in [0.15, 0.2) is 0 Å². The van der Waals surface area contributed by atoms with Crippen LogP contribution < -0.4 is 0 Å². The van der Waals surface area contributed by atoms with Gasteiger partial charge in [-0.2, -0.15) is 0 Å².